The average molecular weight is 406 g/mol. The van der Waals surface area contributed by atoms with Gasteiger partial charge in [-0.05, 0) is 36.4 Å². The standard InChI is InChI=1S/C19H14ClN4.2ClH/c20-17-13-7-8-14-18(17)23-19(15-9-3-1-4-10-15)21-24(22-23)16-11-5-2-6-12-16;;/h1-14H;2*1H/q+1;;/p-1. The number of para-hydroxylation sites is 2. The van der Waals surface area contributed by atoms with Crippen LogP contribution in [0.15, 0.2) is 84.9 Å². The maximum Gasteiger partial charge on any atom is 0.335 e. The van der Waals surface area contributed by atoms with Gasteiger partial charge in [0.2, 0.25) is 0 Å². The molecular weight excluding hydrogens is 391 g/mol. The smallest absolute Gasteiger partial charge is 0.335 e. The summed E-state index contributed by atoms with van der Waals surface area (Å²) in [6.45, 7) is 0. The third-order valence-electron chi connectivity index (χ3n) is 3.66. The van der Waals surface area contributed by atoms with E-state index in [1.165, 1.54) is 0 Å². The lowest BCUT2D eigenvalue weighted by molar-refractivity contribution is -0.650. The van der Waals surface area contributed by atoms with Crippen LogP contribution in [-0.2, 0) is 0 Å². The Labute approximate surface area is 168 Å². The topological polar surface area (TPSA) is 34.6 Å². The molecule has 0 aliphatic heterocycles. The fourth-order valence-corrected chi connectivity index (χ4v) is 2.72. The summed E-state index contributed by atoms with van der Waals surface area (Å²) in [7, 11) is 0. The van der Waals surface area contributed by atoms with Crippen molar-refractivity contribution in [3.63, 3.8) is 0 Å². The molecule has 3 aromatic carbocycles. The molecule has 0 amide bonds. The van der Waals surface area contributed by atoms with Gasteiger partial charge in [-0.1, -0.05) is 64.8 Å². The Morgan fingerprint density at radius 1 is 0.769 bits per heavy atom. The molecule has 0 saturated carbocycles. The molecule has 0 fully saturated rings. The summed E-state index contributed by atoms with van der Waals surface area (Å²) in [6.07, 6.45) is 0. The molecule has 4 aromatic rings. The third-order valence-corrected chi connectivity index (χ3v) is 3.98. The molecule has 0 N–H and O–H groups in total. The minimum Gasteiger partial charge on any atom is -1.00 e. The van der Waals surface area contributed by atoms with Crippen molar-refractivity contribution in [3.05, 3.63) is 90.0 Å². The molecule has 1 heterocycles. The van der Waals surface area contributed by atoms with Crippen LogP contribution in [0.4, 0.5) is 0 Å². The van der Waals surface area contributed by atoms with Gasteiger partial charge in [-0.2, -0.15) is 0 Å². The van der Waals surface area contributed by atoms with Gasteiger partial charge < -0.3 is 12.4 Å². The molecule has 132 valence electrons. The zero-order valence-corrected chi connectivity index (χ0v) is 15.9. The van der Waals surface area contributed by atoms with E-state index < -0.39 is 0 Å². The molecule has 7 heteroatoms. The minimum absolute atomic E-state index is 0. The van der Waals surface area contributed by atoms with Gasteiger partial charge in [0.25, 0.3) is 0 Å². The van der Waals surface area contributed by atoms with E-state index in [1.807, 2.05) is 84.9 Å². The van der Waals surface area contributed by atoms with E-state index >= 15 is 0 Å². The summed E-state index contributed by atoms with van der Waals surface area (Å²) < 4.78 is 1.77. The molecule has 0 unspecified atom stereocenters. The Morgan fingerprint density at radius 3 is 2.00 bits per heavy atom. The number of hydrogen-bond acceptors (Lipinski definition) is 2. The van der Waals surface area contributed by atoms with Crippen molar-refractivity contribution in [2.75, 3.05) is 0 Å². The van der Waals surface area contributed by atoms with E-state index in [0.29, 0.717) is 5.02 Å². The zero-order valence-electron chi connectivity index (χ0n) is 13.5. The molecule has 0 atom stereocenters. The second-order valence-corrected chi connectivity index (χ2v) is 5.67. The molecule has 26 heavy (non-hydrogen) atoms. The van der Waals surface area contributed by atoms with Crippen LogP contribution in [0.2, 0.25) is 5.02 Å². The molecule has 0 aliphatic rings. The minimum atomic E-state index is 0. The predicted octanol–water partition coefficient (Wildman–Crippen LogP) is 1.29. The Bertz CT molecular complexity index is 973. The van der Waals surface area contributed by atoms with Gasteiger partial charge >= 0.3 is 5.82 Å². The van der Waals surface area contributed by atoms with Gasteiger partial charge in [-0.3, -0.25) is 0 Å². The van der Waals surface area contributed by atoms with Crippen molar-refractivity contribution in [3.8, 4) is 22.8 Å². The maximum atomic E-state index is 6.38. The molecule has 0 bridgehead atoms. The van der Waals surface area contributed by atoms with E-state index in [4.69, 9.17) is 11.6 Å². The second-order valence-electron chi connectivity index (χ2n) is 5.27. The molecule has 0 aliphatic carbocycles. The summed E-state index contributed by atoms with van der Waals surface area (Å²) >= 11 is 6.38. The van der Waals surface area contributed by atoms with E-state index in [2.05, 4.69) is 10.3 Å². The van der Waals surface area contributed by atoms with Crippen molar-refractivity contribution in [1.29, 1.82) is 0 Å². The summed E-state index contributed by atoms with van der Waals surface area (Å²) in [4.78, 5) is 1.62. The fourth-order valence-electron chi connectivity index (χ4n) is 2.50. The highest BCUT2D eigenvalue weighted by molar-refractivity contribution is 6.32. The highest BCUT2D eigenvalue weighted by Crippen LogP contribution is 2.19. The maximum absolute atomic E-state index is 6.38. The number of rotatable bonds is 3. The van der Waals surface area contributed by atoms with Crippen LogP contribution in [0, 0.1) is 0 Å². The summed E-state index contributed by atoms with van der Waals surface area (Å²) in [5.41, 5.74) is 2.65. The first kappa shape index (κ1) is 19.9. The molecule has 0 spiro atoms. The lowest BCUT2D eigenvalue weighted by atomic mass is 10.2. The average Bonchev–Trinajstić information content (AvgIpc) is 3.09. The Balaban J connectivity index is 0.00000121. The normalized spacial score (nSPS) is 9.88. The fraction of sp³-hybridized carbons (Fsp3) is 0. The van der Waals surface area contributed by atoms with Crippen LogP contribution in [0.1, 0.15) is 0 Å². The molecule has 4 nitrogen and oxygen atoms in total. The van der Waals surface area contributed by atoms with E-state index in [-0.39, 0.29) is 24.8 Å². The van der Waals surface area contributed by atoms with E-state index in [9.17, 15) is 0 Å². The summed E-state index contributed by atoms with van der Waals surface area (Å²) in [5.74, 6) is 0.729. The van der Waals surface area contributed by atoms with E-state index in [1.54, 1.807) is 9.48 Å². The van der Waals surface area contributed by atoms with Gasteiger partial charge in [0, 0.05) is 4.80 Å². The first-order chi connectivity index (χ1) is 11.8. The van der Waals surface area contributed by atoms with Crippen LogP contribution in [0.5, 0.6) is 0 Å². The monoisotopic (exact) mass is 404 g/mol. The molecule has 1 aromatic heterocycles. The number of halogens is 3. The first-order valence-electron chi connectivity index (χ1n) is 7.58. The van der Waals surface area contributed by atoms with Crippen molar-refractivity contribution in [1.82, 2.24) is 15.1 Å². The number of benzene rings is 3. The number of tetrazole rings is 1. The number of nitrogens with zero attached hydrogens (tertiary/aromatic N) is 4. The Hall–Kier alpha value is -2.40. The van der Waals surface area contributed by atoms with Crippen LogP contribution in [0.3, 0.4) is 0 Å². The lowest BCUT2D eigenvalue weighted by Gasteiger charge is -1.99. The van der Waals surface area contributed by atoms with E-state index in [0.717, 1.165) is 22.8 Å². The largest absolute Gasteiger partial charge is 1.00 e. The van der Waals surface area contributed by atoms with Crippen molar-refractivity contribution in [2.45, 2.75) is 0 Å². The Morgan fingerprint density at radius 2 is 1.35 bits per heavy atom. The van der Waals surface area contributed by atoms with Gasteiger partial charge in [-0.25, -0.2) is 0 Å². The quantitative estimate of drug-likeness (QED) is 0.482. The van der Waals surface area contributed by atoms with Crippen molar-refractivity contribution >= 4 is 24.0 Å². The highest BCUT2D eigenvalue weighted by Gasteiger charge is 2.24. The summed E-state index contributed by atoms with van der Waals surface area (Å²) in [6, 6.07) is 27.4. The van der Waals surface area contributed by atoms with Crippen molar-refractivity contribution < 1.29 is 17.1 Å². The lowest BCUT2D eigenvalue weighted by Crippen LogP contribution is -3.00. The number of hydrogen-bond donors (Lipinski definition) is 0. The van der Waals surface area contributed by atoms with Gasteiger partial charge in [0.05, 0.1) is 20.9 Å². The Kier molecular flexibility index (Phi) is 6.75. The SMILES string of the molecule is Cl.Clc1ccccc1-[n+]1nn(-c2ccccc2)nc1-c1ccccc1.[Cl-]. The zero-order chi connectivity index (χ0) is 16.4. The highest BCUT2D eigenvalue weighted by atomic mass is 35.5. The molecule has 4 rings (SSSR count). The first-order valence-corrected chi connectivity index (χ1v) is 7.96. The molecule has 0 radical (unpaired) electrons. The van der Waals surface area contributed by atoms with Crippen molar-refractivity contribution in [2.24, 2.45) is 0 Å². The second kappa shape index (κ2) is 8.81. The third kappa shape index (κ3) is 3.88. The summed E-state index contributed by atoms with van der Waals surface area (Å²) in [5, 5.41) is 9.93. The van der Waals surface area contributed by atoms with Gasteiger partial charge in [-0.15, -0.1) is 12.4 Å². The molecular formula is C19H15Cl3N4. The molecule has 0 saturated heterocycles. The van der Waals surface area contributed by atoms with Gasteiger partial charge in [0.15, 0.2) is 5.69 Å². The van der Waals surface area contributed by atoms with Crippen LogP contribution < -0.4 is 17.1 Å². The van der Waals surface area contributed by atoms with Gasteiger partial charge in [0.1, 0.15) is 5.69 Å². The van der Waals surface area contributed by atoms with Crippen LogP contribution in [0.25, 0.3) is 22.8 Å². The van der Waals surface area contributed by atoms with Crippen LogP contribution in [-0.4, -0.2) is 15.1 Å². The number of aromatic nitrogens is 4. The predicted molar refractivity (Wildman–Crippen MR) is 101 cm³/mol. The van der Waals surface area contributed by atoms with Crippen LogP contribution >= 0.6 is 24.0 Å².